The number of aliphatic hydroxyl groups is 2. The second-order valence-electron chi connectivity index (χ2n) is 5.91. The third kappa shape index (κ3) is 5.91. The van der Waals surface area contributed by atoms with Crippen LogP contribution in [0.15, 0.2) is 24.3 Å². The average Bonchev–Trinajstić information content (AvgIpc) is 2.55. The molecule has 1 fully saturated rings. The number of aliphatic hydroxyl groups excluding tert-OH is 2. The predicted molar refractivity (Wildman–Crippen MR) is 87.9 cm³/mol. The number of piperazine rings is 1. The zero-order chi connectivity index (χ0) is 16.7. The van der Waals surface area contributed by atoms with E-state index in [0.717, 1.165) is 26.2 Å². The molecule has 1 atom stereocenters. The van der Waals surface area contributed by atoms with Gasteiger partial charge in [-0.15, -0.1) is 0 Å². The van der Waals surface area contributed by atoms with Crippen LogP contribution in [0.25, 0.3) is 0 Å². The van der Waals surface area contributed by atoms with Gasteiger partial charge in [0.1, 0.15) is 18.5 Å². The van der Waals surface area contributed by atoms with Gasteiger partial charge >= 0.3 is 0 Å². The maximum Gasteiger partial charge on any atom is 0.159 e. The Hall–Kier alpha value is -1.47. The van der Waals surface area contributed by atoms with Gasteiger partial charge in [0.25, 0.3) is 0 Å². The number of Topliss-reactive ketones (excluding diaryl/α,β-unsaturated/α-hetero) is 1. The van der Waals surface area contributed by atoms with Crippen LogP contribution >= 0.6 is 0 Å². The van der Waals surface area contributed by atoms with Crippen molar-refractivity contribution in [2.45, 2.75) is 13.0 Å². The van der Waals surface area contributed by atoms with E-state index in [4.69, 9.17) is 9.84 Å². The normalized spacial score (nSPS) is 17.9. The number of hydrogen-bond donors (Lipinski definition) is 2. The molecule has 1 aliphatic heterocycles. The summed E-state index contributed by atoms with van der Waals surface area (Å²) in [4.78, 5) is 15.8. The molecule has 6 heteroatoms. The minimum Gasteiger partial charge on any atom is -0.491 e. The van der Waals surface area contributed by atoms with E-state index in [1.54, 1.807) is 24.3 Å². The highest BCUT2D eigenvalue weighted by atomic mass is 16.5. The molecule has 0 aliphatic carbocycles. The van der Waals surface area contributed by atoms with Crippen molar-refractivity contribution in [1.82, 2.24) is 9.80 Å². The Bertz CT molecular complexity index is 501. The van der Waals surface area contributed by atoms with Crippen LogP contribution in [0.3, 0.4) is 0 Å². The maximum atomic E-state index is 11.3. The van der Waals surface area contributed by atoms with Crippen molar-refractivity contribution in [3.63, 3.8) is 0 Å². The molecule has 2 N–H and O–H groups in total. The van der Waals surface area contributed by atoms with Gasteiger partial charge in [-0.3, -0.25) is 14.6 Å². The number of carbonyl (C=O) groups is 1. The first-order chi connectivity index (χ1) is 11.1. The summed E-state index contributed by atoms with van der Waals surface area (Å²) in [6, 6.07) is 7.01. The lowest BCUT2D eigenvalue weighted by Crippen LogP contribution is -2.49. The fourth-order valence-electron chi connectivity index (χ4n) is 2.68. The summed E-state index contributed by atoms with van der Waals surface area (Å²) in [7, 11) is 0. The topological polar surface area (TPSA) is 73.2 Å². The number of ketones is 1. The van der Waals surface area contributed by atoms with E-state index in [1.165, 1.54) is 6.92 Å². The number of ether oxygens (including phenoxy) is 1. The third-order valence-electron chi connectivity index (χ3n) is 4.03. The molecular formula is C17H26N2O4. The smallest absolute Gasteiger partial charge is 0.159 e. The molecule has 0 aromatic heterocycles. The molecule has 1 aromatic carbocycles. The predicted octanol–water partition coefficient (Wildman–Crippen LogP) is 0.239. The zero-order valence-electron chi connectivity index (χ0n) is 13.6. The Kier molecular flexibility index (Phi) is 6.98. The van der Waals surface area contributed by atoms with Crippen LogP contribution in [0.2, 0.25) is 0 Å². The highest BCUT2D eigenvalue weighted by Crippen LogP contribution is 2.14. The summed E-state index contributed by atoms with van der Waals surface area (Å²) in [6.45, 7) is 6.79. The highest BCUT2D eigenvalue weighted by molar-refractivity contribution is 5.94. The number of hydrogen-bond acceptors (Lipinski definition) is 6. The first-order valence-corrected chi connectivity index (χ1v) is 8.06. The van der Waals surface area contributed by atoms with Gasteiger partial charge in [0.15, 0.2) is 5.78 Å². The molecule has 23 heavy (non-hydrogen) atoms. The minimum absolute atomic E-state index is 0.00301. The molecule has 1 unspecified atom stereocenters. The van der Waals surface area contributed by atoms with Crippen LogP contribution in [-0.4, -0.2) is 84.4 Å². The molecule has 128 valence electrons. The number of rotatable bonds is 8. The van der Waals surface area contributed by atoms with Crippen LogP contribution in [-0.2, 0) is 0 Å². The Morgan fingerprint density at radius 1 is 1.26 bits per heavy atom. The number of carbonyl (C=O) groups excluding carboxylic acids is 1. The lowest BCUT2D eigenvalue weighted by Gasteiger charge is -2.35. The molecule has 0 bridgehead atoms. The lowest BCUT2D eigenvalue weighted by atomic mass is 10.1. The summed E-state index contributed by atoms with van der Waals surface area (Å²) in [6.07, 6.45) is -0.569. The van der Waals surface area contributed by atoms with Crippen LogP contribution in [0, 0.1) is 0 Å². The third-order valence-corrected chi connectivity index (χ3v) is 4.03. The fraction of sp³-hybridized carbons (Fsp3) is 0.588. The molecule has 0 radical (unpaired) electrons. The van der Waals surface area contributed by atoms with E-state index >= 15 is 0 Å². The highest BCUT2D eigenvalue weighted by Gasteiger charge is 2.19. The van der Waals surface area contributed by atoms with Gasteiger partial charge in [-0.25, -0.2) is 0 Å². The van der Waals surface area contributed by atoms with Gasteiger partial charge in [-0.2, -0.15) is 0 Å². The quantitative estimate of drug-likeness (QED) is 0.668. The molecule has 1 aromatic rings. The van der Waals surface area contributed by atoms with Gasteiger partial charge in [-0.05, 0) is 19.1 Å². The standard InChI is InChI=1S/C17H26N2O4/c1-14(21)15-3-2-4-17(11-15)23-13-16(22)12-19-7-5-18(6-8-19)9-10-20/h2-4,11,16,20,22H,5-10,12-13H2,1H3. The van der Waals surface area contributed by atoms with E-state index in [1.807, 2.05) is 0 Å². The lowest BCUT2D eigenvalue weighted by molar-refractivity contribution is 0.0428. The summed E-state index contributed by atoms with van der Waals surface area (Å²) >= 11 is 0. The van der Waals surface area contributed by atoms with Crippen molar-refractivity contribution in [3.05, 3.63) is 29.8 Å². The van der Waals surface area contributed by atoms with Gasteiger partial charge in [0, 0.05) is 44.8 Å². The van der Waals surface area contributed by atoms with E-state index < -0.39 is 6.10 Å². The average molecular weight is 322 g/mol. The summed E-state index contributed by atoms with van der Waals surface area (Å²) in [5.74, 6) is 0.598. The molecule has 1 aliphatic rings. The molecule has 2 rings (SSSR count). The molecule has 1 saturated heterocycles. The minimum atomic E-state index is -0.569. The van der Waals surface area contributed by atoms with E-state index in [9.17, 15) is 9.90 Å². The molecule has 0 saturated carbocycles. The largest absolute Gasteiger partial charge is 0.491 e. The number of benzene rings is 1. The maximum absolute atomic E-state index is 11.3. The van der Waals surface area contributed by atoms with Crippen molar-refractivity contribution in [1.29, 1.82) is 0 Å². The Balaban J connectivity index is 1.72. The van der Waals surface area contributed by atoms with Crippen molar-refractivity contribution in [2.75, 3.05) is 52.5 Å². The van der Waals surface area contributed by atoms with Crippen LogP contribution < -0.4 is 4.74 Å². The number of β-amino-alcohol motifs (C(OH)–C–C–N with tert-alkyl or cyclic N) is 2. The zero-order valence-corrected chi connectivity index (χ0v) is 13.6. The monoisotopic (exact) mass is 322 g/mol. The molecule has 6 nitrogen and oxygen atoms in total. The molecular weight excluding hydrogens is 296 g/mol. The Morgan fingerprint density at radius 2 is 1.96 bits per heavy atom. The van der Waals surface area contributed by atoms with Crippen LogP contribution in [0.4, 0.5) is 0 Å². The second-order valence-corrected chi connectivity index (χ2v) is 5.91. The van der Waals surface area contributed by atoms with Crippen molar-refractivity contribution >= 4 is 5.78 Å². The van der Waals surface area contributed by atoms with Gasteiger partial charge < -0.3 is 14.9 Å². The van der Waals surface area contributed by atoms with Crippen LogP contribution in [0.1, 0.15) is 17.3 Å². The number of nitrogens with zero attached hydrogens (tertiary/aromatic N) is 2. The molecule has 0 spiro atoms. The van der Waals surface area contributed by atoms with Gasteiger partial charge in [-0.1, -0.05) is 12.1 Å². The first kappa shape index (κ1) is 17.9. The Morgan fingerprint density at radius 3 is 2.61 bits per heavy atom. The Labute approximate surface area is 137 Å². The van der Waals surface area contributed by atoms with Crippen molar-refractivity contribution < 1.29 is 19.7 Å². The van der Waals surface area contributed by atoms with Gasteiger partial charge in [0.2, 0.25) is 0 Å². The molecule has 0 amide bonds. The summed E-state index contributed by atoms with van der Waals surface area (Å²) in [5, 5.41) is 19.1. The van der Waals surface area contributed by atoms with Gasteiger partial charge in [0.05, 0.1) is 6.61 Å². The van der Waals surface area contributed by atoms with E-state index in [0.29, 0.717) is 24.4 Å². The van der Waals surface area contributed by atoms with Crippen molar-refractivity contribution in [3.8, 4) is 5.75 Å². The first-order valence-electron chi connectivity index (χ1n) is 8.06. The summed E-state index contributed by atoms with van der Waals surface area (Å²) < 4.78 is 5.59. The second kappa shape index (κ2) is 8.98. The SMILES string of the molecule is CC(=O)c1cccc(OCC(O)CN2CCN(CCO)CC2)c1. The fourth-order valence-corrected chi connectivity index (χ4v) is 2.68. The van der Waals surface area contributed by atoms with E-state index in [-0.39, 0.29) is 19.0 Å². The summed E-state index contributed by atoms with van der Waals surface area (Å²) in [5.41, 5.74) is 0.608. The van der Waals surface area contributed by atoms with E-state index in [2.05, 4.69) is 9.80 Å². The molecule has 1 heterocycles. The van der Waals surface area contributed by atoms with Crippen LogP contribution in [0.5, 0.6) is 5.75 Å². The van der Waals surface area contributed by atoms with Crippen molar-refractivity contribution in [2.24, 2.45) is 0 Å².